The standard InChI is InChI=1S/C12H16N2O3/c1-8-6-17-7-9(2)14(8)11-5-13-4-3-10(11)12(15)16/h3-5,8-9H,6-7H2,1-2H3,(H,15,16). The zero-order chi connectivity index (χ0) is 12.4. The van der Waals surface area contributed by atoms with Gasteiger partial charge in [0.05, 0.1) is 42.7 Å². The fraction of sp³-hybridized carbons (Fsp3) is 0.500. The van der Waals surface area contributed by atoms with Crippen molar-refractivity contribution >= 4 is 11.7 Å². The molecule has 1 fully saturated rings. The third kappa shape index (κ3) is 2.24. The van der Waals surface area contributed by atoms with Crippen LogP contribution in [0.2, 0.25) is 0 Å². The number of ether oxygens (including phenoxy) is 1. The van der Waals surface area contributed by atoms with E-state index in [2.05, 4.69) is 9.88 Å². The number of carboxylic acid groups (broad SMARTS) is 1. The molecule has 1 aliphatic heterocycles. The van der Waals surface area contributed by atoms with Crippen LogP contribution in [0.15, 0.2) is 18.5 Å². The quantitative estimate of drug-likeness (QED) is 0.840. The average Bonchev–Trinajstić information content (AvgIpc) is 2.29. The minimum absolute atomic E-state index is 0.154. The Balaban J connectivity index is 2.41. The number of pyridine rings is 1. The number of nitrogens with zero attached hydrogens (tertiary/aromatic N) is 2. The topological polar surface area (TPSA) is 62.7 Å². The molecule has 2 unspecified atom stereocenters. The Kier molecular flexibility index (Phi) is 3.28. The summed E-state index contributed by atoms with van der Waals surface area (Å²) in [6.07, 6.45) is 3.12. The van der Waals surface area contributed by atoms with Gasteiger partial charge < -0.3 is 14.7 Å². The van der Waals surface area contributed by atoms with Gasteiger partial charge in [0.2, 0.25) is 0 Å². The van der Waals surface area contributed by atoms with Gasteiger partial charge in [-0.15, -0.1) is 0 Å². The van der Waals surface area contributed by atoms with Crippen LogP contribution in [-0.2, 0) is 4.74 Å². The molecule has 5 nitrogen and oxygen atoms in total. The maximum absolute atomic E-state index is 11.2. The second-order valence-electron chi connectivity index (χ2n) is 4.34. The van der Waals surface area contributed by atoms with Crippen molar-refractivity contribution in [2.75, 3.05) is 18.1 Å². The van der Waals surface area contributed by atoms with Crippen molar-refractivity contribution in [3.8, 4) is 0 Å². The summed E-state index contributed by atoms with van der Waals surface area (Å²) in [5, 5.41) is 9.18. The van der Waals surface area contributed by atoms with Crippen molar-refractivity contribution in [1.82, 2.24) is 4.98 Å². The number of aromatic nitrogens is 1. The molecule has 0 radical (unpaired) electrons. The van der Waals surface area contributed by atoms with Crippen LogP contribution in [0.5, 0.6) is 0 Å². The van der Waals surface area contributed by atoms with Crippen LogP contribution in [-0.4, -0.2) is 41.4 Å². The first-order valence-corrected chi connectivity index (χ1v) is 5.64. The molecule has 1 N–H and O–H groups in total. The molecule has 2 heterocycles. The van der Waals surface area contributed by atoms with Gasteiger partial charge >= 0.3 is 5.97 Å². The van der Waals surface area contributed by atoms with Gasteiger partial charge in [-0.3, -0.25) is 4.98 Å². The van der Waals surface area contributed by atoms with Crippen LogP contribution >= 0.6 is 0 Å². The van der Waals surface area contributed by atoms with E-state index in [0.29, 0.717) is 24.5 Å². The Morgan fingerprint density at radius 3 is 2.71 bits per heavy atom. The van der Waals surface area contributed by atoms with Crippen LogP contribution in [0, 0.1) is 0 Å². The molecule has 1 aromatic rings. The van der Waals surface area contributed by atoms with Gasteiger partial charge in [0.25, 0.3) is 0 Å². The Hall–Kier alpha value is -1.62. The number of carbonyl (C=O) groups is 1. The predicted molar refractivity (Wildman–Crippen MR) is 63.4 cm³/mol. The van der Waals surface area contributed by atoms with Crippen LogP contribution in [0.1, 0.15) is 24.2 Å². The molecule has 17 heavy (non-hydrogen) atoms. The Morgan fingerprint density at radius 2 is 2.12 bits per heavy atom. The Labute approximate surface area is 100 Å². The smallest absolute Gasteiger partial charge is 0.337 e. The maximum atomic E-state index is 11.2. The highest BCUT2D eigenvalue weighted by Crippen LogP contribution is 2.26. The van der Waals surface area contributed by atoms with E-state index in [9.17, 15) is 9.90 Å². The monoisotopic (exact) mass is 236 g/mol. The molecule has 1 saturated heterocycles. The van der Waals surface area contributed by atoms with Gasteiger partial charge in [-0.25, -0.2) is 4.79 Å². The summed E-state index contributed by atoms with van der Waals surface area (Å²) < 4.78 is 5.44. The van der Waals surface area contributed by atoms with Crippen molar-refractivity contribution in [3.05, 3.63) is 24.0 Å². The van der Waals surface area contributed by atoms with Gasteiger partial charge in [-0.05, 0) is 19.9 Å². The molecule has 2 atom stereocenters. The van der Waals surface area contributed by atoms with E-state index >= 15 is 0 Å². The zero-order valence-corrected chi connectivity index (χ0v) is 9.96. The lowest BCUT2D eigenvalue weighted by atomic mass is 10.1. The number of anilines is 1. The average molecular weight is 236 g/mol. The first kappa shape index (κ1) is 11.9. The summed E-state index contributed by atoms with van der Waals surface area (Å²) in [7, 11) is 0. The number of aromatic carboxylic acids is 1. The van der Waals surface area contributed by atoms with Crippen LogP contribution in [0.3, 0.4) is 0 Å². The number of hydrogen-bond donors (Lipinski definition) is 1. The number of carboxylic acids is 1. The molecule has 0 amide bonds. The molecule has 0 spiro atoms. The number of rotatable bonds is 2. The number of hydrogen-bond acceptors (Lipinski definition) is 4. The normalized spacial score (nSPS) is 24.7. The molecule has 92 valence electrons. The predicted octanol–water partition coefficient (Wildman–Crippen LogP) is 1.39. The lowest BCUT2D eigenvalue weighted by molar-refractivity contribution is 0.0684. The molecule has 2 rings (SSSR count). The van der Waals surface area contributed by atoms with E-state index in [-0.39, 0.29) is 12.1 Å². The van der Waals surface area contributed by atoms with E-state index in [4.69, 9.17) is 4.74 Å². The summed E-state index contributed by atoms with van der Waals surface area (Å²) in [5.74, 6) is -0.923. The fourth-order valence-corrected chi connectivity index (χ4v) is 2.25. The first-order valence-electron chi connectivity index (χ1n) is 5.64. The fourth-order valence-electron chi connectivity index (χ4n) is 2.25. The summed E-state index contributed by atoms with van der Waals surface area (Å²) in [5.41, 5.74) is 0.962. The Morgan fingerprint density at radius 1 is 1.47 bits per heavy atom. The maximum Gasteiger partial charge on any atom is 0.337 e. The van der Waals surface area contributed by atoms with Crippen LogP contribution in [0.25, 0.3) is 0 Å². The van der Waals surface area contributed by atoms with Gasteiger partial charge in [0.15, 0.2) is 0 Å². The van der Waals surface area contributed by atoms with Gasteiger partial charge in [-0.2, -0.15) is 0 Å². The third-order valence-corrected chi connectivity index (χ3v) is 2.98. The molecule has 0 aromatic carbocycles. The summed E-state index contributed by atoms with van der Waals surface area (Å²) in [6.45, 7) is 5.26. The molecule has 1 aliphatic rings. The summed E-state index contributed by atoms with van der Waals surface area (Å²) >= 11 is 0. The summed E-state index contributed by atoms with van der Waals surface area (Å²) in [4.78, 5) is 17.3. The van der Waals surface area contributed by atoms with Gasteiger partial charge in [-0.1, -0.05) is 0 Å². The van der Waals surface area contributed by atoms with Crippen LogP contribution < -0.4 is 4.90 Å². The van der Waals surface area contributed by atoms with Crippen molar-refractivity contribution in [2.45, 2.75) is 25.9 Å². The molecule has 0 aliphatic carbocycles. The Bertz CT molecular complexity index is 412. The largest absolute Gasteiger partial charge is 0.478 e. The minimum Gasteiger partial charge on any atom is -0.478 e. The molecule has 0 bridgehead atoms. The second kappa shape index (κ2) is 4.71. The lowest BCUT2D eigenvalue weighted by Gasteiger charge is -2.40. The van der Waals surface area contributed by atoms with Crippen molar-refractivity contribution in [3.63, 3.8) is 0 Å². The van der Waals surface area contributed by atoms with Crippen molar-refractivity contribution in [1.29, 1.82) is 0 Å². The first-order chi connectivity index (χ1) is 8.11. The van der Waals surface area contributed by atoms with Gasteiger partial charge in [0, 0.05) is 6.20 Å². The van der Waals surface area contributed by atoms with Crippen molar-refractivity contribution in [2.24, 2.45) is 0 Å². The summed E-state index contributed by atoms with van der Waals surface area (Å²) in [6, 6.07) is 1.84. The SMILES string of the molecule is CC1COCC(C)N1c1cnccc1C(=O)O. The third-order valence-electron chi connectivity index (χ3n) is 2.98. The van der Waals surface area contributed by atoms with Crippen molar-refractivity contribution < 1.29 is 14.6 Å². The highest BCUT2D eigenvalue weighted by Gasteiger charge is 2.28. The van der Waals surface area contributed by atoms with E-state index in [1.807, 2.05) is 13.8 Å². The lowest BCUT2D eigenvalue weighted by Crippen LogP contribution is -2.50. The van der Waals surface area contributed by atoms with Gasteiger partial charge in [0.1, 0.15) is 0 Å². The van der Waals surface area contributed by atoms with E-state index < -0.39 is 5.97 Å². The highest BCUT2D eigenvalue weighted by molar-refractivity contribution is 5.94. The minimum atomic E-state index is -0.923. The van der Waals surface area contributed by atoms with E-state index in [1.54, 1.807) is 6.20 Å². The van der Waals surface area contributed by atoms with Crippen LogP contribution in [0.4, 0.5) is 5.69 Å². The number of morpholine rings is 1. The van der Waals surface area contributed by atoms with E-state index in [1.165, 1.54) is 12.3 Å². The van der Waals surface area contributed by atoms with E-state index in [0.717, 1.165) is 0 Å². The molecule has 1 aromatic heterocycles. The zero-order valence-electron chi connectivity index (χ0n) is 9.96. The molecule has 5 heteroatoms. The molecular formula is C12H16N2O3. The highest BCUT2D eigenvalue weighted by atomic mass is 16.5. The molecular weight excluding hydrogens is 220 g/mol. The molecule has 0 saturated carbocycles. The second-order valence-corrected chi connectivity index (χ2v) is 4.34.